The minimum absolute atomic E-state index is 0.333. The highest BCUT2D eigenvalue weighted by Crippen LogP contribution is 2.00. The lowest BCUT2D eigenvalue weighted by Gasteiger charge is -2.11. The van der Waals surface area contributed by atoms with E-state index in [2.05, 4.69) is 26.5 Å². The van der Waals surface area contributed by atoms with Crippen LogP contribution < -0.4 is 0 Å². The number of hydrogen-bond acceptors (Lipinski definition) is 3. The average molecular weight is 164 g/mol. The Bertz CT molecular complexity index is 60.6. The summed E-state index contributed by atoms with van der Waals surface area (Å²) in [5, 5.41) is 0. The molecule has 0 spiro atoms. The summed E-state index contributed by atoms with van der Waals surface area (Å²) in [7, 11) is 0. The molecule has 0 aliphatic heterocycles. The van der Waals surface area contributed by atoms with E-state index in [1.54, 1.807) is 0 Å². The van der Waals surface area contributed by atoms with Crippen molar-refractivity contribution in [3.63, 3.8) is 0 Å². The standard InChI is InChI=1S/C7H16O2S/c1-3-5-8-7(10)9-6-4-2/h7,10H,3-6H2,1-2H3. The monoisotopic (exact) mass is 164 g/mol. The van der Waals surface area contributed by atoms with Crippen LogP contribution in [0.5, 0.6) is 0 Å². The maximum absolute atomic E-state index is 5.14. The predicted octanol–water partition coefficient (Wildman–Crippen LogP) is 2.05. The molecule has 62 valence electrons. The van der Waals surface area contributed by atoms with Gasteiger partial charge in [-0.25, -0.2) is 0 Å². The van der Waals surface area contributed by atoms with Gasteiger partial charge in [0.1, 0.15) is 0 Å². The Labute approximate surface area is 68.3 Å². The average Bonchev–Trinajstić information content (AvgIpc) is 1.97. The zero-order valence-electron chi connectivity index (χ0n) is 6.67. The van der Waals surface area contributed by atoms with Crippen molar-refractivity contribution in [3.05, 3.63) is 0 Å². The lowest BCUT2D eigenvalue weighted by molar-refractivity contribution is -0.0802. The lowest BCUT2D eigenvalue weighted by Crippen LogP contribution is -2.11. The molecule has 0 bridgehead atoms. The van der Waals surface area contributed by atoms with Gasteiger partial charge in [0, 0.05) is 0 Å². The van der Waals surface area contributed by atoms with Crippen LogP contribution in [0.2, 0.25) is 0 Å². The maximum Gasteiger partial charge on any atom is 0.204 e. The van der Waals surface area contributed by atoms with E-state index in [0.717, 1.165) is 26.1 Å². The molecule has 0 rings (SSSR count). The molecule has 0 atom stereocenters. The van der Waals surface area contributed by atoms with Crippen molar-refractivity contribution in [2.24, 2.45) is 0 Å². The van der Waals surface area contributed by atoms with Gasteiger partial charge in [0.25, 0.3) is 0 Å². The molecule has 2 nitrogen and oxygen atoms in total. The van der Waals surface area contributed by atoms with Crippen molar-refractivity contribution >= 4 is 12.6 Å². The van der Waals surface area contributed by atoms with E-state index in [1.165, 1.54) is 0 Å². The predicted molar refractivity (Wildman–Crippen MR) is 45.3 cm³/mol. The number of rotatable bonds is 6. The normalized spacial score (nSPS) is 10.8. The van der Waals surface area contributed by atoms with Gasteiger partial charge in [0.2, 0.25) is 5.62 Å². The van der Waals surface area contributed by atoms with Crippen LogP contribution in [0, 0.1) is 0 Å². The third kappa shape index (κ3) is 6.39. The summed E-state index contributed by atoms with van der Waals surface area (Å²) in [5.41, 5.74) is -0.333. The first kappa shape index (κ1) is 10.3. The fourth-order valence-corrected chi connectivity index (χ4v) is 0.696. The molecule has 0 aromatic heterocycles. The molecule has 0 radical (unpaired) electrons. The molecule has 0 aromatic rings. The molecule has 0 amide bonds. The third-order valence-electron chi connectivity index (χ3n) is 0.929. The Kier molecular flexibility index (Phi) is 7.58. The lowest BCUT2D eigenvalue weighted by atomic mass is 10.5. The van der Waals surface area contributed by atoms with E-state index in [1.807, 2.05) is 0 Å². The van der Waals surface area contributed by atoms with Crippen molar-refractivity contribution < 1.29 is 9.47 Å². The van der Waals surface area contributed by atoms with Crippen LogP contribution in [-0.2, 0) is 9.47 Å². The Morgan fingerprint density at radius 1 is 1.10 bits per heavy atom. The molecular formula is C7H16O2S. The summed E-state index contributed by atoms with van der Waals surface area (Å²) < 4.78 is 10.3. The van der Waals surface area contributed by atoms with Crippen LogP contribution in [0.1, 0.15) is 26.7 Å². The van der Waals surface area contributed by atoms with Crippen molar-refractivity contribution in [1.82, 2.24) is 0 Å². The van der Waals surface area contributed by atoms with Crippen LogP contribution in [0.3, 0.4) is 0 Å². The Hall–Kier alpha value is 0.270. The van der Waals surface area contributed by atoms with Crippen LogP contribution in [-0.4, -0.2) is 18.8 Å². The molecule has 0 heterocycles. The van der Waals surface area contributed by atoms with Crippen molar-refractivity contribution in [3.8, 4) is 0 Å². The molecule has 0 aromatic carbocycles. The van der Waals surface area contributed by atoms with E-state index < -0.39 is 0 Å². The van der Waals surface area contributed by atoms with Gasteiger partial charge in [-0.05, 0) is 12.8 Å². The van der Waals surface area contributed by atoms with Gasteiger partial charge < -0.3 is 9.47 Å². The van der Waals surface area contributed by atoms with Crippen molar-refractivity contribution in [2.75, 3.05) is 13.2 Å². The summed E-state index contributed by atoms with van der Waals surface area (Å²) in [6, 6.07) is 0. The molecule has 0 N–H and O–H groups in total. The zero-order valence-corrected chi connectivity index (χ0v) is 7.56. The van der Waals surface area contributed by atoms with Gasteiger partial charge in [-0.3, -0.25) is 0 Å². The zero-order chi connectivity index (χ0) is 7.82. The molecule has 0 aliphatic rings. The van der Waals surface area contributed by atoms with Gasteiger partial charge in [0.15, 0.2) is 0 Å². The molecular weight excluding hydrogens is 148 g/mol. The highest BCUT2D eigenvalue weighted by molar-refractivity contribution is 7.80. The van der Waals surface area contributed by atoms with Gasteiger partial charge in [0.05, 0.1) is 13.2 Å². The van der Waals surface area contributed by atoms with Crippen LogP contribution in [0.25, 0.3) is 0 Å². The SMILES string of the molecule is CCCOC(S)OCCC. The number of hydrogen-bond donors (Lipinski definition) is 1. The van der Waals surface area contributed by atoms with E-state index in [4.69, 9.17) is 9.47 Å². The van der Waals surface area contributed by atoms with E-state index >= 15 is 0 Å². The highest BCUT2D eigenvalue weighted by Gasteiger charge is 1.99. The molecule has 0 saturated carbocycles. The van der Waals surface area contributed by atoms with Gasteiger partial charge in [-0.2, -0.15) is 0 Å². The first-order valence-corrected chi connectivity index (χ1v) is 4.24. The smallest absolute Gasteiger partial charge is 0.204 e. The first-order valence-electron chi connectivity index (χ1n) is 3.72. The minimum atomic E-state index is -0.333. The van der Waals surface area contributed by atoms with Crippen molar-refractivity contribution in [2.45, 2.75) is 32.3 Å². The topological polar surface area (TPSA) is 18.5 Å². The molecule has 10 heavy (non-hydrogen) atoms. The highest BCUT2D eigenvalue weighted by atomic mass is 32.1. The first-order chi connectivity index (χ1) is 4.81. The second-order valence-electron chi connectivity index (χ2n) is 2.05. The number of ether oxygens (including phenoxy) is 2. The van der Waals surface area contributed by atoms with E-state index in [-0.39, 0.29) is 5.62 Å². The van der Waals surface area contributed by atoms with Crippen molar-refractivity contribution in [1.29, 1.82) is 0 Å². The molecule has 0 unspecified atom stereocenters. The molecule has 0 aliphatic carbocycles. The van der Waals surface area contributed by atoms with Crippen LogP contribution >= 0.6 is 12.6 Å². The summed E-state index contributed by atoms with van der Waals surface area (Å²) >= 11 is 4.05. The quantitative estimate of drug-likeness (QED) is 0.478. The second-order valence-corrected chi connectivity index (χ2v) is 2.47. The Morgan fingerprint density at radius 3 is 1.80 bits per heavy atom. The summed E-state index contributed by atoms with van der Waals surface area (Å²) in [6.45, 7) is 5.55. The van der Waals surface area contributed by atoms with Gasteiger partial charge in [-0.15, -0.1) is 12.6 Å². The summed E-state index contributed by atoms with van der Waals surface area (Å²) in [6.07, 6.45) is 2.01. The Morgan fingerprint density at radius 2 is 1.50 bits per heavy atom. The minimum Gasteiger partial charge on any atom is -0.344 e. The maximum atomic E-state index is 5.14. The summed E-state index contributed by atoms with van der Waals surface area (Å²) in [4.78, 5) is 0. The van der Waals surface area contributed by atoms with Crippen LogP contribution in [0.15, 0.2) is 0 Å². The van der Waals surface area contributed by atoms with Gasteiger partial charge in [-0.1, -0.05) is 13.8 Å². The Balaban J connectivity index is 3.00. The molecule has 0 fully saturated rings. The molecule has 0 saturated heterocycles. The fraction of sp³-hybridized carbons (Fsp3) is 1.00. The van der Waals surface area contributed by atoms with E-state index in [0.29, 0.717) is 0 Å². The fourth-order valence-electron chi connectivity index (χ4n) is 0.485. The third-order valence-corrected chi connectivity index (χ3v) is 1.23. The summed E-state index contributed by atoms with van der Waals surface area (Å²) in [5.74, 6) is 0. The van der Waals surface area contributed by atoms with Crippen LogP contribution in [0.4, 0.5) is 0 Å². The largest absolute Gasteiger partial charge is 0.344 e. The van der Waals surface area contributed by atoms with E-state index in [9.17, 15) is 0 Å². The molecule has 3 heteroatoms. The van der Waals surface area contributed by atoms with Gasteiger partial charge >= 0.3 is 0 Å². The second kappa shape index (κ2) is 7.38. The number of thiol groups is 1.